The van der Waals surface area contributed by atoms with Gasteiger partial charge in [0.15, 0.2) is 0 Å². The number of amides is 1. The number of ether oxygens (including phenoxy) is 3. The fourth-order valence-electron chi connectivity index (χ4n) is 10.8. The van der Waals surface area contributed by atoms with Crippen molar-refractivity contribution in [3.8, 4) is 46.2 Å². The van der Waals surface area contributed by atoms with Crippen LogP contribution in [0.15, 0.2) is 110 Å². The van der Waals surface area contributed by atoms with Gasteiger partial charge in [-0.3, -0.25) is 19.9 Å². The van der Waals surface area contributed by atoms with Gasteiger partial charge >= 0.3 is 12.3 Å². The number of nitrogens with two attached hydrogens (primary N) is 1. The Morgan fingerprint density at radius 1 is 0.679 bits per heavy atom. The van der Waals surface area contributed by atoms with Crippen LogP contribution in [0.1, 0.15) is 55.9 Å². The number of carbonyl (C=O) groups excluding carboxylic acids is 2. The molecule has 14 rings (SSSR count). The van der Waals surface area contributed by atoms with Gasteiger partial charge < -0.3 is 29.7 Å². The minimum Gasteiger partial charge on any atom is -0.481 e. The SMILES string of the molecule is COc1ccc(CN2C3CC2CN(c2ccc(-c4cc(N)cn5ncc(C#N)c45)cn2)C3)cn1.COc1ccc(CN2C3CC2CN(c2ccc(-c4cc(NC(=O)OC(C)(C)C)cn5ncc(C#N)c45)cn2)C3)cn1.O=CC(F)(F)F. The maximum atomic E-state index is 12.4. The summed E-state index contributed by atoms with van der Waals surface area (Å²) in [6.45, 7) is 10.9. The Labute approximate surface area is 463 Å². The summed E-state index contributed by atoms with van der Waals surface area (Å²) in [5.41, 5.74) is 14.6. The van der Waals surface area contributed by atoms with Gasteiger partial charge in [-0.1, -0.05) is 12.1 Å². The monoisotopic (exact) mass is 1100 g/mol. The largest absolute Gasteiger partial charge is 0.481 e. The topological polar surface area (TPSA) is 247 Å². The van der Waals surface area contributed by atoms with Crippen molar-refractivity contribution in [1.29, 1.82) is 10.5 Å². The molecule has 6 aliphatic rings. The molecule has 0 saturated carbocycles. The highest BCUT2D eigenvalue weighted by molar-refractivity contribution is 5.91. The normalized spacial score (nSPS) is 18.4. The van der Waals surface area contributed by atoms with Crippen molar-refractivity contribution in [3.05, 3.63) is 132 Å². The highest BCUT2D eigenvalue weighted by atomic mass is 19.4. The number of nitrogen functional groups attached to an aromatic ring is 1. The van der Waals surface area contributed by atoms with Crippen LogP contribution in [0.2, 0.25) is 0 Å². The summed E-state index contributed by atoms with van der Waals surface area (Å²) in [6, 6.07) is 26.2. The Morgan fingerprint density at radius 3 is 1.52 bits per heavy atom. The van der Waals surface area contributed by atoms with Crippen molar-refractivity contribution >= 4 is 46.4 Å². The summed E-state index contributed by atoms with van der Waals surface area (Å²) in [4.78, 5) is 49.2. The molecular weight excluding hydrogens is 1050 g/mol. The third kappa shape index (κ3) is 12.3. The van der Waals surface area contributed by atoms with Crippen LogP contribution >= 0.6 is 0 Å². The number of piperazine rings is 2. The standard InChI is InChI=1S/C30H32N8O3.C25H24N8O.C2HF3O/c1-30(2,3)41-29(39)35-22-9-25(28-21(11-31)14-34-38(28)16-22)20-6-7-26(32-13-20)36-17-23-10-24(18-36)37(23)15-19-5-8-27(40-4)33-12-19;1-34-24-5-2-16(9-29-24)12-32-20-7-21(32)15-31(14-20)23-4-3-17(10-28-23)22-6-19(27)13-33-25(22)18(8-26)11-30-33;3-2(4,5)1-6/h5-9,12-14,16,23-24H,10,15,17-18H2,1-4H3,(H,35,39);2-6,9-11,13,20-21H,7,12,14-15,27H2,1H3;1H. The number of nitrogens with one attached hydrogen (secondary N) is 1. The Hall–Kier alpha value is -9.39. The molecule has 8 aromatic rings. The van der Waals surface area contributed by atoms with Gasteiger partial charge in [-0.15, -0.1) is 0 Å². The van der Waals surface area contributed by atoms with Crippen LogP contribution in [0.5, 0.6) is 11.8 Å². The van der Waals surface area contributed by atoms with Gasteiger partial charge in [-0.2, -0.15) is 33.9 Å². The van der Waals surface area contributed by atoms with Gasteiger partial charge in [0.05, 0.1) is 72.5 Å². The fraction of sp³-hybridized carbons (Fsp3) is 0.333. The quantitative estimate of drug-likeness (QED) is 0.117. The second-order valence-electron chi connectivity index (χ2n) is 21.0. The highest BCUT2D eigenvalue weighted by Crippen LogP contribution is 2.39. The summed E-state index contributed by atoms with van der Waals surface area (Å²) in [5, 5.41) is 30.5. The average Bonchev–Trinajstić information content (AvgIpc) is 4.24. The van der Waals surface area contributed by atoms with E-state index in [1.165, 1.54) is 30.2 Å². The number of rotatable bonds is 11. The van der Waals surface area contributed by atoms with E-state index in [2.05, 4.69) is 75.4 Å². The van der Waals surface area contributed by atoms with Gasteiger partial charge in [0.2, 0.25) is 18.0 Å². The van der Waals surface area contributed by atoms with Crippen LogP contribution < -0.4 is 30.3 Å². The maximum Gasteiger partial charge on any atom is 0.446 e. The van der Waals surface area contributed by atoms with Crippen molar-refractivity contribution in [2.75, 3.05) is 61.2 Å². The van der Waals surface area contributed by atoms with E-state index in [1.54, 1.807) is 41.8 Å². The Balaban J connectivity index is 0.000000167. The van der Waals surface area contributed by atoms with E-state index in [4.69, 9.17) is 34.7 Å². The van der Waals surface area contributed by atoms with Crippen molar-refractivity contribution in [3.63, 3.8) is 0 Å². The van der Waals surface area contributed by atoms with Gasteiger partial charge in [0, 0.05) is 123 Å². The van der Waals surface area contributed by atoms with E-state index >= 15 is 0 Å². The van der Waals surface area contributed by atoms with Crippen molar-refractivity contribution < 1.29 is 37.0 Å². The van der Waals surface area contributed by atoms with Crippen molar-refractivity contribution in [2.24, 2.45) is 0 Å². The fourth-order valence-corrected chi connectivity index (χ4v) is 10.8. The molecule has 4 atom stereocenters. The predicted octanol–water partition coefficient (Wildman–Crippen LogP) is 7.95. The smallest absolute Gasteiger partial charge is 0.446 e. The summed E-state index contributed by atoms with van der Waals surface area (Å²) < 4.78 is 50.2. The van der Waals surface area contributed by atoms with E-state index in [9.17, 15) is 28.5 Å². The summed E-state index contributed by atoms with van der Waals surface area (Å²) in [6.07, 6.45) is 10.1. The first-order valence-corrected chi connectivity index (χ1v) is 25.9. The lowest BCUT2D eigenvalue weighted by molar-refractivity contribution is -0.156. The lowest BCUT2D eigenvalue weighted by atomic mass is 9.87. The van der Waals surface area contributed by atoms with Crippen LogP contribution in [-0.2, 0) is 22.6 Å². The number of hydrogen-bond donors (Lipinski definition) is 2. The van der Waals surface area contributed by atoms with Gasteiger partial charge in [0.25, 0.3) is 0 Å². The van der Waals surface area contributed by atoms with E-state index < -0.39 is 24.2 Å². The second-order valence-corrected chi connectivity index (χ2v) is 21.0. The zero-order chi connectivity index (χ0) is 57.2. The molecule has 81 heavy (non-hydrogen) atoms. The predicted molar refractivity (Wildman–Crippen MR) is 294 cm³/mol. The first-order chi connectivity index (χ1) is 38.9. The molecule has 24 heteroatoms. The molecule has 8 aromatic heterocycles. The third-order valence-electron chi connectivity index (χ3n) is 14.5. The number of anilines is 4. The maximum absolute atomic E-state index is 12.4. The first kappa shape index (κ1) is 54.9. The third-order valence-corrected chi connectivity index (χ3v) is 14.5. The number of methoxy groups -OCH3 is 2. The first-order valence-electron chi connectivity index (χ1n) is 25.9. The molecule has 0 aromatic carbocycles. The number of fused-ring (bicyclic) bond motifs is 6. The summed E-state index contributed by atoms with van der Waals surface area (Å²) in [7, 11) is 3.26. The molecule has 1 amide bonds. The van der Waals surface area contributed by atoms with E-state index in [1.807, 2.05) is 88.0 Å². The number of halogens is 3. The van der Waals surface area contributed by atoms with E-state index in [0.717, 1.165) is 78.7 Å². The van der Waals surface area contributed by atoms with Gasteiger partial charge in [-0.05, 0) is 81.1 Å². The second kappa shape index (κ2) is 22.8. The average molecular weight is 1100 g/mol. The Morgan fingerprint density at radius 2 is 1.14 bits per heavy atom. The molecule has 4 bridgehead atoms. The van der Waals surface area contributed by atoms with Crippen LogP contribution in [0.3, 0.4) is 0 Å². The molecule has 0 aliphatic carbocycles. The lowest BCUT2D eigenvalue weighted by Crippen LogP contribution is -2.68. The van der Waals surface area contributed by atoms with Crippen LogP contribution in [0, 0.1) is 22.7 Å². The number of aromatic nitrogens is 8. The summed E-state index contributed by atoms with van der Waals surface area (Å²) >= 11 is 0. The van der Waals surface area contributed by atoms with Crippen molar-refractivity contribution in [2.45, 2.75) is 82.6 Å². The van der Waals surface area contributed by atoms with Gasteiger partial charge in [-0.25, -0.2) is 33.8 Å². The molecule has 6 fully saturated rings. The lowest BCUT2D eigenvalue weighted by Gasteiger charge is -2.56. The van der Waals surface area contributed by atoms with Gasteiger partial charge in [0.1, 0.15) is 29.4 Å². The molecule has 0 spiro atoms. The molecular formula is C57H57F3N16O5. The number of alkyl halides is 3. The van der Waals surface area contributed by atoms with Crippen LogP contribution in [0.4, 0.5) is 41.0 Å². The number of carbonyl (C=O) groups is 2. The minimum absolute atomic E-state index is 0.441. The van der Waals surface area contributed by atoms with Crippen molar-refractivity contribution in [1.82, 2.24) is 49.0 Å². The number of piperidine rings is 2. The molecule has 6 saturated heterocycles. The van der Waals surface area contributed by atoms with Crippen LogP contribution in [0.25, 0.3) is 33.3 Å². The van der Waals surface area contributed by atoms with Crippen LogP contribution in [-0.4, -0.2) is 138 Å². The molecule has 6 aliphatic heterocycles. The molecule has 3 N–H and O–H groups in total. The van der Waals surface area contributed by atoms with E-state index in [0.29, 0.717) is 63.9 Å². The number of hydrogen-bond acceptors (Lipinski definition) is 18. The minimum atomic E-state index is -4.64. The Bertz CT molecular complexity index is 3630. The number of pyridine rings is 6. The number of nitriles is 2. The molecule has 0 radical (unpaired) electrons. The molecule has 14 heterocycles. The molecule has 21 nitrogen and oxygen atoms in total. The number of aldehydes is 1. The number of nitrogens with zero attached hydrogens (tertiary/aromatic N) is 14. The summed E-state index contributed by atoms with van der Waals surface area (Å²) in [5.74, 6) is 3.16. The molecule has 416 valence electrons. The zero-order valence-electron chi connectivity index (χ0n) is 44.9. The molecule has 4 unspecified atom stereocenters. The zero-order valence-corrected chi connectivity index (χ0v) is 44.9. The van der Waals surface area contributed by atoms with E-state index in [-0.39, 0.29) is 0 Å². The Kier molecular flexibility index (Phi) is 15.4. The highest BCUT2D eigenvalue weighted by Gasteiger charge is 2.46.